The molecule has 1 aromatic rings. The van der Waals surface area contributed by atoms with Crippen molar-refractivity contribution in [2.75, 3.05) is 13.1 Å². The van der Waals surface area contributed by atoms with Crippen LogP contribution in [0.1, 0.15) is 30.1 Å². The minimum absolute atomic E-state index is 0.0173. The molecule has 1 heterocycles. The van der Waals surface area contributed by atoms with Gasteiger partial charge in [-0.2, -0.15) is 0 Å². The highest BCUT2D eigenvalue weighted by Gasteiger charge is 2.25. The number of piperidine rings is 1. The summed E-state index contributed by atoms with van der Waals surface area (Å²) in [6.07, 6.45) is 1.83. The van der Waals surface area contributed by atoms with Gasteiger partial charge in [-0.15, -0.1) is 0 Å². The van der Waals surface area contributed by atoms with E-state index in [9.17, 15) is 9.18 Å². The Kier molecular flexibility index (Phi) is 4.42. The minimum atomic E-state index is -0.506. The maximum absolute atomic E-state index is 13.1. The van der Waals surface area contributed by atoms with Crippen LogP contribution < -0.4 is 5.73 Å². The first-order chi connectivity index (χ1) is 8.99. The lowest BCUT2D eigenvalue weighted by molar-refractivity contribution is 0.0681. The molecule has 1 unspecified atom stereocenters. The van der Waals surface area contributed by atoms with Gasteiger partial charge in [0.15, 0.2) is 0 Å². The average Bonchev–Trinajstić information content (AvgIpc) is 2.41. The second-order valence-corrected chi connectivity index (χ2v) is 5.52. The number of carbonyl (C=O) groups excluding carboxylic acids is 1. The smallest absolute Gasteiger partial charge is 0.253 e. The topological polar surface area (TPSA) is 46.3 Å². The fourth-order valence-electron chi connectivity index (χ4n) is 2.44. The van der Waals surface area contributed by atoms with E-state index >= 15 is 0 Å². The van der Waals surface area contributed by atoms with E-state index in [4.69, 9.17) is 17.3 Å². The summed E-state index contributed by atoms with van der Waals surface area (Å²) >= 11 is 5.70. The summed E-state index contributed by atoms with van der Waals surface area (Å²) in [6.45, 7) is 3.39. The van der Waals surface area contributed by atoms with E-state index in [1.54, 1.807) is 4.90 Å². The molecule has 1 aliphatic heterocycles. The summed E-state index contributed by atoms with van der Waals surface area (Å²) in [5.74, 6) is -0.125. The molecule has 0 saturated carbocycles. The second-order valence-electron chi connectivity index (χ2n) is 5.12. The van der Waals surface area contributed by atoms with Crippen LogP contribution in [0.4, 0.5) is 4.39 Å². The number of halogens is 2. The van der Waals surface area contributed by atoms with Crippen LogP contribution in [0, 0.1) is 11.7 Å². The molecule has 1 fully saturated rings. The van der Waals surface area contributed by atoms with Gasteiger partial charge in [-0.05, 0) is 43.9 Å². The molecule has 0 aliphatic carbocycles. The van der Waals surface area contributed by atoms with Crippen LogP contribution in [-0.2, 0) is 0 Å². The highest BCUT2D eigenvalue weighted by molar-refractivity contribution is 6.31. The van der Waals surface area contributed by atoms with E-state index in [1.807, 2.05) is 6.92 Å². The monoisotopic (exact) mass is 284 g/mol. The van der Waals surface area contributed by atoms with Crippen molar-refractivity contribution in [3.05, 3.63) is 34.6 Å². The Hall–Kier alpha value is -1.13. The Balaban J connectivity index is 2.03. The maximum atomic E-state index is 13.1. The fraction of sp³-hybridized carbons (Fsp3) is 0.500. The normalized spacial score (nSPS) is 18.4. The molecule has 19 heavy (non-hydrogen) atoms. The number of nitrogens with two attached hydrogens (primary N) is 1. The molecule has 3 nitrogen and oxygen atoms in total. The van der Waals surface area contributed by atoms with E-state index in [-0.39, 0.29) is 17.0 Å². The van der Waals surface area contributed by atoms with E-state index < -0.39 is 5.82 Å². The molecule has 2 rings (SSSR count). The van der Waals surface area contributed by atoms with Crippen molar-refractivity contribution < 1.29 is 9.18 Å². The molecule has 1 saturated heterocycles. The van der Waals surface area contributed by atoms with Crippen molar-refractivity contribution in [1.82, 2.24) is 4.90 Å². The zero-order valence-electron chi connectivity index (χ0n) is 10.9. The summed E-state index contributed by atoms with van der Waals surface area (Å²) in [5.41, 5.74) is 6.31. The number of hydrogen-bond donors (Lipinski definition) is 1. The zero-order chi connectivity index (χ0) is 14.0. The maximum Gasteiger partial charge on any atom is 0.253 e. The molecule has 0 bridgehead atoms. The molecule has 2 N–H and O–H groups in total. The molecule has 104 valence electrons. The van der Waals surface area contributed by atoms with Crippen LogP contribution >= 0.6 is 11.6 Å². The third kappa shape index (κ3) is 3.25. The van der Waals surface area contributed by atoms with Crippen molar-refractivity contribution >= 4 is 17.5 Å². The summed E-state index contributed by atoms with van der Waals surface area (Å²) in [7, 11) is 0. The van der Waals surface area contributed by atoms with Gasteiger partial charge in [-0.1, -0.05) is 11.6 Å². The SMILES string of the molecule is CC(N)C1CCN(C(=O)c2ccc(F)c(Cl)c2)CC1. The molecule has 1 aliphatic rings. The second kappa shape index (κ2) is 5.88. The van der Waals surface area contributed by atoms with Crippen LogP contribution in [0.2, 0.25) is 5.02 Å². The van der Waals surface area contributed by atoms with Crippen molar-refractivity contribution in [2.45, 2.75) is 25.8 Å². The predicted molar refractivity (Wildman–Crippen MR) is 73.7 cm³/mol. The Morgan fingerprint density at radius 1 is 1.47 bits per heavy atom. The third-order valence-electron chi connectivity index (χ3n) is 3.74. The molecular weight excluding hydrogens is 267 g/mol. The quantitative estimate of drug-likeness (QED) is 0.907. The first-order valence-electron chi connectivity index (χ1n) is 6.49. The lowest BCUT2D eigenvalue weighted by Gasteiger charge is -2.33. The Labute approximate surface area is 117 Å². The van der Waals surface area contributed by atoms with Gasteiger partial charge in [-0.25, -0.2) is 4.39 Å². The van der Waals surface area contributed by atoms with Gasteiger partial charge < -0.3 is 10.6 Å². The van der Waals surface area contributed by atoms with Gasteiger partial charge in [0, 0.05) is 24.7 Å². The number of carbonyl (C=O) groups is 1. The van der Waals surface area contributed by atoms with Crippen LogP contribution in [-0.4, -0.2) is 29.9 Å². The number of rotatable bonds is 2. The van der Waals surface area contributed by atoms with Crippen molar-refractivity contribution in [2.24, 2.45) is 11.7 Å². The molecule has 1 atom stereocenters. The number of hydrogen-bond acceptors (Lipinski definition) is 2. The van der Waals surface area contributed by atoms with Crippen LogP contribution in [0.15, 0.2) is 18.2 Å². The zero-order valence-corrected chi connectivity index (χ0v) is 11.7. The Morgan fingerprint density at radius 2 is 2.11 bits per heavy atom. The summed E-state index contributed by atoms with van der Waals surface area (Å²) in [4.78, 5) is 14.0. The fourth-order valence-corrected chi connectivity index (χ4v) is 2.62. The lowest BCUT2D eigenvalue weighted by Crippen LogP contribution is -2.42. The first kappa shape index (κ1) is 14.3. The van der Waals surface area contributed by atoms with Crippen LogP contribution in [0.3, 0.4) is 0 Å². The number of likely N-dealkylation sites (tertiary alicyclic amines) is 1. The number of benzene rings is 1. The van der Waals surface area contributed by atoms with Gasteiger partial charge in [0.05, 0.1) is 5.02 Å². The molecule has 5 heteroatoms. The van der Waals surface area contributed by atoms with E-state index in [0.29, 0.717) is 24.6 Å². The lowest BCUT2D eigenvalue weighted by atomic mass is 9.90. The largest absolute Gasteiger partial charge is 0.339 e. The van der Waals surface area contributed by atoms with Gasteiger partial charge in [0.2, 0.25) is 0 Å². The van der Waals surface area contributed by atoms with E-state index in [2.05, 4.69) is 0 Å². The van der Waals surface area contributed by atoms with Crippen LogP contribution in [0.25, 0.3) is 0 Å². The highest BCUT2D eigenvalue weighted by atomic mass is 35.5. The molecule has 0 aromatic heterocycles. The van der Waals surface area contributed by atoms with Gasteiger partial charge >= 0.3 is 0 Å². The van der Waals surface area contributed by atoms with Crippen molar-refractivity contribution in [3.63, 3.8) is 0 Å². The number of amides is 1. The minimum Gasteiger partial charge on any atom is -0.339 e. The Morgan fingerprint density at radius 3 is 2.63 bits per heavy atom. The number of nitrogens with zero attached hydrogens (tertiary/aromatic N) is 1. The summed E-state index contributed by atoms with van der Waals surface area (Å²) in [5, 5.41) is -0.0173. The molecule has 0 radical (unpaired) electrons. The summed E-state index contributed by atoms with van der Waals surface area (Å²) < 4.78 is 13.1. The van der Waals surface area contributed by atoms with Crippen LogP contribution in [0.5, 0.6) is 0 Å². The highest BCUT2D eigenvalue weighted by Crippen LogP contribution is 2.22. The van der Waals surface area contributed by atoms with Gasteiger partial charge in [0.1, 0.15) is 5.82 Å². The standard InChI is InChI=1S/C14H18ClFN2O/c1-9(17)10-4-6-18(7-5-10)14(19)11-2-3-13(16)12(15)8-11/h2-3,8-10H,4-7,17H2,1H3. The predicted octanol–water partition coefficient (Wildman–Crippen LogP) is 2.68. The molecule has 0 spiro atoms. The first-order valence-corrected chi connectivity index (χ1v) is 6.86. The van der Waals surface area contributed by atoms with E-state index in [1.165, 1.54) is 18.2 Å². The molecule has 1 amide bonds. The van der Waals surface area contributed by atoms with Gasteiger partial charge in [-0.3, -0.25) is 4.79 Å². The third-order valence-corrected chi connectivity index (χ3v) is 4.03. The van der Waals surface area contributed by atoms with E-state index in [0.717, 1.165) is 12.8 Å². The van der Waals surface area contributed by atoms with Crippen molar-refractivity contribution in [3.8, 4) is 0 Å². The Bertz CT molecular complexity index is 471. The van der Waals surface area contributed by atoms with Gasteiger partial charge in [0.25, 0.3) is 5.91 Å². The molecular formula is C14H18ClFN2O. The van der Waals surface area contributed by atoms with Crippen molar-refractivity contribution in [1.29, 1.82) is 0 Å². The summed E-state index contributed by atoms with van der Waals surface area (Å²) in [6, 6.07) is 4.25. The molecule has 1 aromatic carbocycles. The average molecular weight is 285 g/mol.